The summed E-state index contributed by atoms with van der Waals surface area (Å²) in [5.41, 5.74) is 4.04. The summed E-state index contributed by atoms with van der Waals surface area (Å²) in [4.78, 5) is 10.4. The fourth-order valence-electron chi connectivity index (χ4n) is 0.889. The van der Waals surface area contributed by atoms with Crippen molar-refractivity contribution in [2.75, 3.05) is 0 Å². The molecule has 3 heteroatoms. The Bertz CT molecular complexity index is 195. The van der Waals surface area contributed by atoms with Crippen molar-refractivity contribution in [1.82, 2.24) is 0 Å². The molecule has 1 unspecified atom stereocenters. The molecule has 0 aromatic carbocycles. The first-order valence-corrected chi connectivity index (χ1v) is 4.00. The Kier molecular flexibility index (Phi) is 4.20. The van der Waals surface area contributed by atoms with E-state index in [9.17, 15) is 4.79 Å². The summed E-state index contributed by atoms with van der Waals surface area (Å²) >= 11 is 0. The number of hydrogen-bond donors (Lipinski definition) is 1. The van der Waals surface area contributed by atoms with Gasteiger partial charge in [-0.05, 0) is 19.8 Å². The second-order valence-electron chi connectivity index (χ2n) is 2.90. The Morgan fingerprint density at radius 2 is 2.33 bits per heavy atom. The zero-order valence-electron chi connectivity index (χ0n) is 7.59. The zero-order chi connectivity index (χ0) is 9.61. The van der Waals surface area contributed by atoms with Gasteiger partial charge in [-0.3, -0.25) is 0 Å². The first kappa shape index (κ1) is 10.8. The van der Waals surface area contributed by atoms with E-state index in [0.29, 0.717) is 6.42 Å². The van der Waals surface area contributed by atoms with Crippen LogP contribution in [0.1, 0.15) is 33.1 Å². The van der Waals surface area contributed by atoms with Crippen LogP contribution in [0.4, 0.5) is 4.79 Å². The molecular formula is C9H15NO2. The summed E-state index contributed by atoms with van der Waals surface area (Å²) in [7, 11) is 0. The maximum absolute atomic E-state index is 10.4. The molecule has 0 aromatic rings. The smallest absolute Gasteiger partial charge is 0.406 e. The lowest BCUT2D eigenvalue weighted by molar-refractivity contribution is 0.0663. The molecule has 68 valence electrons. The molecule has 0 heterocycles. The lowest BCUT2D eigenvalue weighted by Crippen LogP contribution is -2.32. The molecule has 1 amide bonds. The zero-order valence-corrected chi connectivity index (χ0v) is 7.59. The minimum absolute atomic E-state index is 0.656. The maximum atomic E-state index is 10.4. The van der Waals surface area contributed by atoms with Crippen LogP contribution in [0.3, 0.4) is 0 Å². The van der Waals surface area contributed by atoms with Crippen LogP contribution in [0, 0.1) is 12.3 Å². The number of carbonyl (C=O) groups excluding carboxylic acids is 1. The molecule has 0 fully saturated rings. The van der Waals surface area contributed by atoms with Crippen LogP contribution < -0.4 is 5.73 Å². The molecule has 0 saturated carbocycles. The molecule has 0 aliphatic carbocycles. The third kappa shape index (κ3) is 3.87. The van der Waals surface area contributed by atoms with Gasteiger partial charge in [0, 0.05) is 0 Å². The van der Waals surface area contributed by atoms with E-state index < -0.39 is 11.7 Å². The molecule has 0 aromatic heterocycles. The van der Waals surface area contributed by atoms with Gasteiger partial charge < -0.3 is 10.5 Å². The Hall–Kier alpha value is -1.17. The van der Waals surface area contributed by atoms with Crippen molar-refractivity contribution in [3.05, 3.63) is 0 Å². The van der Waals surface area contributed by atoms with Gasteiger partial charge in [-0.15, -0.1) is 6.42 Å². The molecule has 0 saturated heterocycles. The summed E-state index contributed by atoms with van der Waals surface area (Å²) in [6, 6.07) is 0. The molecule has 3 nitrogen and oxygen atoms in total. The monoisotopic (exact) mass is 169 g/mol. The van der Waals surface area contributed by atoms with Gasteiger partial charge in [-0.1, -0.05) is 19.3 Å². The molecule has 2 N–H and O–H groups in total. The van der Waals surface area contributed by atoms with E-state index in [2.05, 4.69) is 5.92 Å². The number of hydrogen-bond acceptors (Lipinski definition) is 2. The van der Waals surface area contributed by atoms with E-state index >= 15 is 0 Å². The lowest BCUT2D eigenvalue weighted by atomic mass is 10.0. The normalized spacial score (nSPS) is 14.4. The molecular weight excluding hydrogens is 154 g/mol. The predicted octanol–water partition coefficient (Wildman–Crippen LogP) is 1.66. The molecule has 0 rings (SSSR count). The highest BCUT2D eigenvalue weighted by atomic mass is 16.6. The number of unbranched alkanes of at least 4 members (excludes halogenated alkanes) is 1. The van der Waals surface area contributed by atoms with E-state index in [4.69, 9.17) is 16.9 Å². The number of rotatable bonds is 4. The van der Waals surface area contributed by atoms with Crippen molar-refractivity contribution in [2.24, 2.45) is 5.73 Å². The van der Waals surface area contributed by atoms with Gasteiger partial charge in [0.05, 0.1) is 0 Å². The fourth-order valence-corrected chi connectivity index (χ4v) is 0.889. The standard InChI is InChI=1S/C9H15NO2/c1-4-6-7-9(3,5-2)12-8(10)11/h2H,4,6-7H2,1,3H3,(H2,10,11). The first-order chi connectivity index (χ1) is 5.54. The lowest BCUT2D eigenvalue weighted by Gasteiger charge is -2.22. The summed E-state index contributed by atoms with van der Waals surface area (Å²) < 4.78 is 4.79. The van der Waals surface area contributed by atoms with Crippen molar-refractivity contribution in [1.29, 1.82) is 0 Å². The maximum Gasteiger partial charge on any atom is 0.406 e. The number of ether oxygens (including phenoxy) is 1. The van der Waals surface area contributed by atoms with E-state index in [1.54, 1.807) is 6.92 Å². The SMILES string of the molecule is C#CC(C)(CCCC)OC(N)=O. The van der Waals surface area contributed by atoms with Crippen LogP contribution >= 0.6 is 0 Å². The topological polar surface area (TPSA) is 52.3 Å². The Labute approximate surface area is 73.3 Å². The summed E-state index contributed by atoms with van der Waals surface area (Å²) in [6.07, 6.45) is 6.99. The van der Waals surface area contributed by atoms with E-state index in [1.807, 2.05) is 6.92 Å². The largest absolute Gasteiger partial charge is 0.430 e. The van der Waals surface area contributed by atoms with Crippen LogP contribution in [0.25, 0.3) is 0 Å². The van der Waals surface area contributed by atoms with Crippen LogP contribution in [0.2, 0.25) is 0 Å². The predicted molar refractivity (Wildman–Crippen MR) is 47.4 cm³/mol. The van der Waals surface area contributed by atoms with Gasteiger partial charge in [0.2, 0.25) is 0 Å². The van der Waals surface area contributed by atoms with Crippen LogP contribution in [0.5, 0.6) is 0 Å². The van der Waals surface area contributed by atoms with Gasteiger partial charge in [0.25, 0.3) is 0 Å². The van der Waals surface area contributed by atoms with E-state index in [1.165, 1.54) is 0 Å². The highest BCUT2D eigenvalue weighted by Crippen LogP contribution is 2.17. The molecule has 0 bridgehead atoms. The molecule has 0 aliphatic rings. The number of primary amides is 1. The first-order valence-electron chi connectivity index (χ1n) is 4.00. The van der Waals surface area contributed by atoms with Crippen molar-refractivity contribution >= 4 is 6.09 Å². The molecule has 0 spiro atoms. The van der Waals surface area contributed by atoms with Gasteiger partial charge in [0.15, 0.2) is 5.60 Å². The van der Waals surface area contributed by atoms with Crippen LogP contribution in [-0.2, 0) is 4.74 Å². The minimum Gasteiger partial charge on any atom is -0.430 e. The van der Waals surface area contributed by atoms with Crippen LogP contribution in [0.15, 0.2) is 0 Å². The number of amides is 1. The number of terminal acetylenes is 1. The Morgan fingerprint density at radius 3 is 2.67 bits per heavy atom. The highest BCUT2D eigenvalue weighted by Gasteiger charge is 2.23. The molecule has 0 radical (unpaired) electrons. The summed E-state index contributed by atoms with van der Waals surface area (Å²) in [6.45, 7) is 3.73. The fraction of sp³-hybridized carbons (Fsp3) is 0.667. The second-order valence-corrected chi connectivity index (χ2v) is 2.90. The quantitative estimate of drug-likeness (QED) is 0.651. The average molecular weight is 169 g/mol. The van der Waals surface area contributed by atoms with Crippen molar-refractivity contribution < 1.29 is 9.53 Å². The van der Waals surface area contributed by atoms with Crippen molar-refractivity contribution in [3.63, 3.8) is 0 Å². The van der Waals surface area contributed by atoms with E-state index in [-0.39, 0.29) is 0 Å². The number of nitrogens with two attached hydrogens (primary N) is 1. The average Bonchev–Trinajstić information content (AvgIpc) is 2.00. The molecule has 12 heavy (non-hydrogen) atoms. The van der Waals surface area contributed by atoms with E-state index in [0.717, 1.165) is 12.8 Å². The molecule has 1 atom stereocenters. The third-order valence-electron chi connectivity index (χ3n) is 1.64. The highest BCUT2D eigenvalue weighted by molar-refractivity contribution is 5.65. The Morgan fingerprint density at radius 1 is 1.75 bits per heavy atom. The molecule has 0 aliphatic heterocycles. The third-order valence-corrected chi connectivity index (χ3v) is 1.64. The minimum atomic E-state index is -0.832. The number of carbonyl (C=O) groups is 1. The van der Waals surface area contributed by atoms with Gasteiger partial charge in [-0.2, -0.15) is 0 Å². The van der Waals surface area contributed by atoms with Crippen molar-refractivity contribution in [3.8, 4) is 12.3 Å². The van der Waals surface area contributed by atoms with Gasteiger partial charge >= 0.3 is 6.09 Å². The second kappa shape index (κ2) is 4.66. The van der Waals surface area contributed by atoms with Crippen LogP contribution in [-0.4, -0.2) is 11.7 Å². The summed E-state index contributed by atoms with van der Waals surface area (Å²) in [5, 5.41) is 0. The Balaban J connectivity index is 4.07. The van der Waals surface area contributed by atoms with Gasteiger partial charge in [0.1, 0.15) is 0 Å². The summed E-state index contributed by atoms with van der Waals surface area (Å²) in [5.74, 6) is 2.42. The van der Waals surface area contributed by atoms with Crippen molar-refractivity contribution in [2.45, 2.75) is 38.7 Å². The van der Waals surface area contributed by atoms with Gasteiger partial charge in [-0.25, -0.2) is 4.79 Å².